The van der Waals surface area contributed by atoms with Gasteiger partial charge >= 0.3 is 0 Å². The summed E-state index contributed by atoms with van der Waals surface area (Å²) >= 11 is 7.15. The molecule has 0 spiro atoms. The lowest BCUT2D eigenvalue weighted by Gasteiger charge is -2.21. The van der Waals surface area contributed by atoms with Gasteiger partial charge in [0.05, 0.1) is 12.1 Å². The monoisotopic (exact) mass is 448 g/mol. The van der Waals surface area contributed by atoms with Crippen LogP contribution in [0.15, 0.2) is 29.6 Å². The first-order valence-corrected chi connectivity index (χ1v) is 11.1. The van der Waals surface area contributed by atoms with Gasteiger partial charge in [0.15, 0.2) is 5.13 Å². The van der Waals surface area contributed by atoms with E-state index in [1.165, 1.54) is 11.3 Å². The second-order valence-corrected chi connectivity index (χ2v) is 9.03. The Morgan fingerprint density at radius 3 is 2.53 bits per heavy atom. The molecule has 160 valence electrons. The number of carbonyl (C=O) groups excluding carboxylic acids is 3. The van der Waals surface area contributed by atoms with E-state index >= 15 is 0 Å². The van der Waals surface area contributed by atoms with E-state index in [2.05, 4.69) is 15.6 Å². The molecular weight excluding hydrogens is 424 g/mol. The van der Waals surface area contributed by atoms with Crippen molar-refractivity contribution in [3.8, 4) is 0 Å². The van der Waals surface area contributed by atoms with E-state index in [4.69, 9.17) is 11.6 Å². The van der Waals surface area contributed by atoms with Crippen LogP contribution >= 0.6 is 22.9 Å². The van der Waals surface area contributed by atoms with Gasteiger partial charge in [0, 0.05) is 28.6 Å². The predicted octanol–water partition coefficient (Wildman–Crippen LogP) is 3.35. The number of anilines is 1. The quantitative estimate of drug-likeness (QED) is 0.615. The molecule has 2 N–H and O–H groups in total. The first kappa shape index (κ1) is 22.2. The van der Waals surface area contributed by atoms with Gasteiger partial charge in [0.1, 0.15) is 6.54 Å². The molecule has 3 amide bonds. The van der Waals surface area contributed by atoms with Crippen LogP contribution in [0.2, 0.25) is 5.02 Å². The van der Waals surface area contributed by atoms with Crippen LogP contribution in [0.1, 0.15) is 42.7 Å². The third-order valence-electron chi connectivity index (χ3n) is 4.50. The Hall–Kier alpha value is -2.45. The number of thiazole rings is 1. The van der Waals surface area contributed by atoms with E-state index in [0.29, 0.717) is 33.9 Å². The Kier molecular flexibility index (Phi) is 7.44. The number of hydrogen-bond donors (Lipinski definition) is 2. The van der Waals surface area contributed by atoms with E-state index in [0.717, 1.165) is 12.8 Å². The van der Waals surface area contributed by atoms with Crippen molar-refractivity contribution in [3.63, 3.8) is 0 Å². The topological polar surface area (TPSA) is 91.4 Å². The third-order valence-corrected chi connectivity index (χ3v) is 5.56. The summed E-state index contributed by atoms with van der Waals surface area (Å²) in [5.41, 5.74) is 1.11. The third kappa shape index (κ3) is 6.53. The van der Waals surface area contributed by atoms with Crippen molar-refractivity contribution < 1.29 is 14.4 Å². The number of amides is 3. The Morgan fingerprint density at radius 1 is 1.20 bits per heavy atom. The molecule has 0 aliphatic heterocycles. The number of hydrogen-bond acceptors (Lipinski definition) is 5. The lowest BCUT2D eigenvalue weighted by atomic mass is 10.2. The van der Waals surface area contributed by atoms with Gasteiger partial charge < -0.3 is 15.5 Å². The zero-order valence-corrected chi connectivity index (χ0v) is 18.6. The Balaban J connectivity index is 1.55. The molecule has 1 fully saturated rings. The van der Waals surface area contributed by atoms with Crippen LogP contribution in [-0.4, -0.2) is 46.7 Å². The second-order valence-electron chi connectivity index (χ2n) is 7.74. The largest absolute Gasteiger partial charge is 0.356 e. The van der Waals surface area contributed by atoms with E-state index in [9.17, 15) is 14.4 Å². The molecule has 3 rings (SSSR count). The predicted molar refractivity (Wildman–Crippen MR) is 118 cm³/mol. The average molecular weight is 449 g/mol. The minimum absolute atomic E-state index is 0.0457. The molecule has 2 aromatic rings. The second kappa shape index (κ2) is 10.0. The molecule has 0 saturated heterocycles. The number of benzene rings is 1. The van der Waals surface area contributed by atoms with Crippen molar-refractivity contribution in [1.29, 1.82) is 0 Å². The van der Waals surface area contributed by atoms with Gasteiger partial charge in [-0.2, -0.15) is 0 Å². The highest BCUT2D eigenvalue weighted by molar-refractivity contribution is 7.13. The molecule has 7 nitrogen and oxygen atoms in total. The van der Waals surface area contributed by atoms with Gasteiger partial charge in [-0.05, 0) is 43.0 Å². The Labute approximate surface area is 184 Å². The van der Waals surface area contributed by atoms with E-state index < -0.39 is 0 Å². The first-order chi connectivity index (χ1) is 14.3. The fourth-order valence-corrected chi connectivity index (χ4v) is 3.67. The summed E-state index contributed by atoms with van der Waals surface area (Å²) in [7, 11) is 0. The summed E-state index contributed by atoms with van der Waals surface area (Å²) in [6, 6.07) is 6.73. The smallest absolute Gasteiger partial charge is 0.254 e. The molecule has 1 aliphatic carbocycles. The number of nitrogens with zero attached hydrogens (tertiary/aromatic N) is 2. The van der Waals surface area contributed by atoms with Crippen LogP contribution in [0.25, 0.3) is 0 Å². The molecule has 0 radical (unpaired) electrons. The maximum Gasteiger partial charge on any atom is 0.254 e. The Bertz CT molecular complexity index is 909. The minimum Gasteiger partial charge on any atom is -0.356 e. The zero-order valence-electron chi connectivity index (χ0n) is 17.0. The van der Waals surface area contributed by atoms with Crippen molar-refractivity contribution in [3.05, 3.63) is 45.9 Å². The molecule has 1 saturated carbocycles. The van der Waals surface area contributed by atoms with Crippen LogP contribution in [-0.2, 0) is 16.0 Å². The molecule has 1 aromatic carbocycles. The molecule has 1 aromatic heterocycles. The highest BCUT2D eigenvalue weighted by Gasteiger charge is 2.34. The van der Waals surface area contributed by atoms with Crippen LogP contribution in [0.5, 0.6) is 0 Å². The molecule has 9 heteroatoms. The van der Waals surface area contributed by atoms with Crippen LogP contribution in [0, 0.1) is 5.92 Å². The first-order valence-electron chi connectivity index (χ1n) is 9.89. The zero-order chi connectivity index (χ0) is 21.7. The summed E-state index contributed by atoms with van der Waals surface area (Å²) in [4.78, 5) is 43.1. The van der Waals surface area contributed by atoms with Gasteiger partial charge in [-0.3, -0.25) is 14.4 Å². The normalized spacial score (nSPS) is 13.2. The number of nitrogens with one attached hydrogen (secondary N) is 2. The van der Waals surface area contributed by atoms with Gasteiger partial charge in [0.2, 0.25) is 11.8 Å². The van der Waals surface area contributed by atoms with Crippen molar-refractivity contribution in [2.24, 2.45) is 5.92 Å². The van der Waals surface area contributed by atoms with Crippen molar-refractivity contribution in [2.45, 2.75) is 39.2 Å². The van der Waals surface area contributed by atoms with Crippen LogP contribution in [0.3, 0.4) is 0 Å². The van der Waals surface area contributed by atoms with Crippen molar-refractivity contribution in [2.75, 3.05) is 18.4 Å². The van der Waals surface area contributed by atoms with Crippen molar-refractivity contribution >= 4 is 45.8 Å². The molecule has 1 aliphatic rings. The number of rotatable bonds is 9. The van der Waals surface area contributed by atoms with Gasteiger partial charge in [-0.25, -0.2) is 4.98 Å². The van der Waals surface area contributed by atoms with Gasteiger partial charge in [-0.1, -0.05) is 25.4 Å². The number of halogens is 1. The molecular formula is C21H25ClN4O3S. The maximum atomic E-state index is 12.8. The maximum absolute atomic E-state index is 12.8. The number of aromatic nitrogens is 1. The fraction of sp³-hybridized carbons (Fsp3) is 0.429. The van der Waals surface area contributed by atoms with Gasteiger partial charge in [-0.15, -0.1) is 11.3 Å². The van der Waals surface area contributed by atoms with Crippen LogP contribution < -0.4 is 10.6 Å². The summed E-state index contributed by atoms with van der Waals surface area (Å²) in [6.07, 6.45) is 1.95. The SMILES string of the molecule is CC(C)CNC(=O)Cc1csc(NC(=O)CN(C(=O)c2ccc(Cl)cc2)C2CC2)n1. The molecule has 0 unspecified atom stereocenters. The highest BCUT2D eigenvalue weighted by atomic mass is 35.5. The Morgan fingerprint density at radius 2 is 1.90 bits per heavy atom. The standard InChI is InChI=1S/C21H25ClN4O3S/c1-13(2)10-23-18(27)9-16-12-30-21(24-16)25-19(28)11-26(17-7-8-17)20(29)14-3-5-15(22)6-4-14/h3-6,12-13,17H,7-11H2,1-2H3,(H,23,27)(H,24,25,28). The number of carbonyl (C=O) groups is 3. The lowest BCUT2D eigenvalue weighted by Crippen LogP contribution is -2.39. The van der Waals surface area contributed by atoms with Crippen molar-refractivity contribution in [1.82, 2.24) is 15.2 Å². The fourth-order valence-electron chi connectivity index (χ4n) is 2.82. The lowest BCUT2D eigenvalue weighted by molar-refractivity contribution is -0.120. The van der Waals surface area contributed by atoms with Gasteiger partial charge in [0.25, 0.3) is 5.91 Å². The molecule has 1 heterocycles. The van der Waals surface area contributed by atoms with E-state index in [1.807, 2.05) is 13.8 Å². The summed E-state index contributed by atoms with van der Waals surface area (Å²) in [5, 5.41) is 8.30. The summed E-state index contributed by atoms with van der Waals surface area (Å²) in [6.45, 7) is 4.62. The van der Waals surface area contributed by atoms with E-state index in [-0.39, 0.29) is 36.7 Å². The molecule has 0 atom stereocenters. The molecule has 30 heavy (non-hydrogen) atoms. The summed E-state index contributed by atoms with van der Waals surface area (Å²) in [5.74, 6) is -0.218. The summed E-state index contributed by atoms with van der Waals surface area (Å²) < 4.78 is 0. The minimum atomic E-state index is -0.311. The molecule has 0 bridgehead atoms. The highest BCUT2D eigenvalue weighted by Crippen LogP contribution is 2.28. The average Bonchev–Trinajstić information content (AvgIpc) is 3.45. The van der Waals surface area contributed by atoms with E-state index in [1.54, 1.807) is 34.5 Å². The van der Waals surface area contributed by atoms with Crippen LogP contribution in [0.4, 0.5) is 5.13 Å².